The van der Waals surface area contributed by atoms with Crippen LogP contribution in [0.4, 0.5) is 5.82 Å². The first-order valence-corrected chi connectivity index (χ1v) is 4.36. The quantitative estimate of drug-likeness (QED) is 0.762. The second-order valence-corrected chi connectivity index (χ2v) is 3.37. The SMILES string of the molecule is COC(=O)c1nc(N)c(Br)cc1C. The number of carbonyl (C=O) groups excluding carboxylic acids is 1. The molecule has 0 fully saturated rings. The minimum atomic E-state index is -0.475. The predicted octanol–water partition coefficient (Wildman–Crippen LogP) is 1.52. The zero-order chi connectivity index (χ0) is 10.0. The lowest BCUT2D eigenvalue weighted by molar-refractivity contribution is 0.0593. The smallest absolute Gasteiger partial charge is 0.357 e. The Balaban J connectivity index is 3.23. The van der Waals surface area contributed by atoms with E-state index in [1.54, 1.807) is 13.0 Å². The molecular formula is C8H9BrN2O2. The summed E-state index contributed by atoms with van der Waals surface area (Å²) >= 11 is 3.21. The second kappa shape index (κ2) is 3.74. The molecule has 0 atom stereocenters. The maximum absolute atomic E-state index is 11.1. The van der Waals surface area contributed by atoms with Crippen LogP contribution in [0, 0.1) is 6.92 Å². The van der Waals surface area contributed by atoms with Crippen LogP contribution in [0.1, 0.15) is 16.1 Å². The van der Waals surface area contributed by atoms with E-state index in [1.807, 2.05) is 0 Å². The summed E-state index contributed by atoms with van der Waals surface area (Å²) in [5.41, 5.74) is 6.50. The lowest BCUT2D eigenvalue weighted by Crippen LogP contribution is -2.08. The fourth-order valence-corrected chi connectivity index (χ4v) is 1.33. The Morgan fingerprint density at radius 2 is 2.31 bits per heavy atom. The van der Waals surface area contributed by atoms with Crippen LogP contribution in [0.25, 0.3) is 0 Å². The molecule has 5 heteroatoms. The minimum absolute atomic E-state index is 0.253. The van der Waals surface area contributed by atoms with Gasteiger partial charge < -0.3 is 10.5 Å². The van der Waals surface area contributed by atoms with Gasteiger partial charge in [-0.3, -0.25) is 0 Å². The maximum Gasteiger partial charge on any atom is 0.357 e. The number of halogens is 1. The van der Waals surface area contributed by atoms with Gasteiger partial charge >= 0.3 is 5.97 Å². The number of rotatable bonds is 1. The summed E-state index contributed by atoms with van der Waals surface area (Å²) in [6.07, 6.45) is 0. The van der Waals surface area contributed by atoms with Gasteiger partial charge in [0.15, 0.2) is 5.69 Å². The first kappa shape index (κ1) is 9.98. The molecule has 0 saturated carbocycles. The van der Waals surface area contributed by atoms with Gasteiger partial charge in [-0.25, -0.2) is 9.78 Å². The largest absolute Gasteiger partial charge is 0.464 e. The van der Waals surface area contributed by atoms with E-state index in [0.29, 0.717) is 4.47 Å². The van der Waals surface area contributed by atoms with Gasteiger partial charge in [-0.2, -0.15) is 0 Å². The zero-order valence-corrected chi connectivity index (χ0v) is 8.88. The number of ether oxygens (including phenoxy) is 1. The molecule has 0 spiro atoms. The maximum atomic E-state index is 11.1. The molecule has 1 heterocycles. The highest BCUT2D eigenvalue weighted by Crippen LogP contribution is 2.20. The zero-order valence-electron chi connectivity index (χ0n) is 7.30. The van der Waals surface area contributed by atoms with Crippen molar-refractivity contribution in [2.75, 3.05) is 12.8 Å². The molecule has 2 N–H and O–H groups in total. The third kappa shape index (κ3) is 1.98. The van der Waals surface area contributed by atoms with Gasteiger partial charge in [-0.1, -0.05) is 0 Å². The summed E-state index contributed by atoms with van der Waals surface area (Å²) in [5, 5.41) is 0. The number of aryl methyl sites for hydroxylation is 1. The normalized spacial score (nSPS) is 9.77. The van der Waals surface area contributed by atoms with Crippen LogP contribution in [0.15, 0.2) is 10.5 Å². The number of pyridine rings is 1. The Kier molecular flexibility index (Phi) is 2.87. The molecule has 0 saturated heterocycles. The summed E-state index contributed by atoms with van der Waals surface area (Å²) in [4.78, 5) is 15.0. The van der Waals surface area contributed by atoms with E-state index in [1.165, 1.54) is 7.11 Å². The molecule has 13 heavy (non-hydrogen) atoms. The fourth-order valence-electron chi connectivity index (χ4n) is 0.898. The summed E-state index contributed by atoms with van der Waals surface area (Å²) < 4.78 is 5.22. The highest BCUT2D eigenvalue weighted by Gasteiger charge is 2.12. The van der Waals surface area contributed by atoms with Crippen molar-refractivity contribution < 1.29 is 9.53 Å². The number of hydrogen-bond donors (Lipinski definition) is 1. The van der Waals surface area contributed by atoms with Crippen LogP contribution in [-0.4, -0.2) is 18.1 Å². The van der Waals surface area contributed by atoms with Gasteiger partial charge in [0.05, 0.1) is 11.6 Å². The summed E-state index contributed by atoms with van der Waals surface area (Å²) in [5.74, 6) is -0.192. The number of nitrogens with zero attached hydrogens (tertiary/aromatic N) is 1. The molecule has 0 radical (unpaired) electrons. The Morgan fingerprint density at radius 3 is 2.85 bits per heavy atom. The summed E-state index contributed by atoms with van der Waals surface area (Å²) in [6, 6.07) is 1.73. The van der Waals surface area contributed by atoms with E-state index in [4.69, 9.17) is 5.73 Å². The molecule has 0 aliphatic carbocycles. The van der Waals surface area contributed by atoms with Crippen molar-refractivity contribution >= 4 is 27.7 Å². The summed E-state index contributed by atoms with van der Waals surface area (Å²) in [6.45, 7) is 1.77. The van der Waals surface area contributed by atoms with Gasteiger partial charge in [0.1, 0.15) is 5.82 Å². The fraction of sp³-hybridized carbons (Fsp3) is 0.250. The van der Waals surface area contributed by atoms with E-state index in [9.17, 15) is 4.79 Å². The Bertz CT molecular complexity index is 352. The third-order valence-electron chi connectivity index (χ3n) is 1.57. The molecule has 70 valence electrons. The van der Waals surface area contributed by atoms with E-state index < -0.39 is 5.97 Å². The topological polar surface area (TPSA) is 65.2 Å². The molecule has 1 aromatic heterocycles. The average Bonchev–Trinajstić information content (AvgIpc) is 2.10. The third-order valence-corrected chi connectivity index (χ3v) is 2.21. The standard InChI is InChI=1S/C8H9BrN2O2/c1-4-3-5(9)7(10)11-6(4)8(12)13-2/h3H,1-2H3,(H2,10,11). The highest BCUT2D eigenvalue weighted by molar-refractivity contribution is 9.10. The van der Waals surface area contributed by atoms with Crippen LogP contribution < -0.4 is 5.73 Å². The van der Waals surface area contributed by atoms with Crippen LogP contribution in [0.2, 0.25) is 0 Å². The predicted molar refractivity (Wildman–Crippen MR) is 52.4 cm³/mol. The molecule has 0 aromatic carbocycles. The van der Waals surface area contributed by atoms with Gasteiger partial charge in [-0.05, 0) is 34.5 Å². The van der Waals surface area contributed by atoms with Crippen LogP contribution in [0.5, 0.6) is 0 Å². The highest BCUT2D eigenvalue weighted by atomic mass is 79.9. The molecule has 1 rings (SSSR count). The van der Waals surface area contributed by atoms with Crippen molar-refractivity contribution in [2.24, 2.45) is 0 Å². The Morgan fingerprint density at radius 1 is 1.69 bits per heavy atom. The number of nitrogens with two attached hydrogens (primary N) is 1. The molecule has 0 bridgehead atoms. The average molecular weight is 245 g/mol. The van der Waals surface area contributed by atoms with Crippen LogP contribution >= 0.6 is 15.9 Å². The number of carbonyl (C=O) groups is 1. The number of anilines is 1. The van der Waals surface area contributed by atoms with Crippen molar-refractivity contribution in [3.63, 3.8) is 0 Å². The van der Waals surface area contributed by atoms with Crippen molar-refractivity contribution in [1.82, 2.24) is 4.98 Å². The number of esters is 1. The molecule has 4 nitrogen and oxygen atoms in total. The van der Waals surface area contributed by atoms with E-state index >= 15 is 0 Å². The molecule has 0 aliphatic rings. The second-order valence-electron chi connectivity index (χ2n) is 2.51. The first-order valence-electron chi connectivity index (χ1n) is 3.57. The molecular weight excluding hydrogens is 236 g/mol. The van der Waals surface area contributed by atoms with E-state index in [2.05, 4.69) is 25.7 Å². The molecule has 0 unspecified atom stereocenters. The lowest BCUT2D eigenvalue weighted by Gasteiger charge is -2.04. The number of nitrogen functional groups attached to an aromatic ring is 1. The molecule has 0 aliphatic heterocycles. The van der Waals surface area contributed by atoms with Crippen molar-refractivity contribution in [1.29, 1.82) is 0 Å². The van der Waals surface area contributed by atoms with Gasteiger partial charge in [0, 0.05) is 0 Å². The lowest BCUT2D eigenvalue weighted by atomic mass is 10.2. The Hall–Kier alpha value is -1.10. The van der Waals surface area contributed by atoms with E-state index in [-0.39, 0.29) is 11.5 Å². The van der Waals surface area contributed by atoms with Gasteiger partial charge in [-0.15, -0.1) is 0 Å². The number of aromatic nitrogens is 1. The number of hydrogen-bond acceptors (Lipinski definition) is 4. The van der Waals surface area contributed by atoms with Crippen LogP contribution in [0.3, 0.4) is 0 Å². The van der Waals surface area contributed by atoms with Gasteiger partial charge in [0.2, 0.25) is 0 Å². The number of methoxy groups -OCH3 is 1. The van der Waals surface area contributed by atoms with Crippen LogP contribution in [-0.2, 0) is 4.74 Å². The Labute approximate surface area is 84.2 Å². The molecule has 1 aromatic rings. The van der Waals surface area contributed by atoms with Crippen molar-refractivity contribution in [2.45, 2.75) is 6.92 Å². The summed E-state index contributed by atoms with van der Waals surface area (Å²) in [7, 11) is 1.31. The monoisotopic (exact) mass is 244 g/mol. The first-order chi connectivity index (χ1) is 6.06. The van der Waals surface area contributed by atoms with Gasteiger partial charge in [0.25, 0.3) is 0 Å². The van der Waals surface area contributed by atoms with Crippen molar-refractivity contribution in [3.05, 3.63) is 21.8 Å². The van der Waals surface area contributed by atoms with E-state index in [0.717, 1.165) is 5.56 Å². The molecule has 0 amide bonds. The van der Waals surface area contributed by atoms with Crippen molar-refractivity contribution in [3.8, 4) is 0 Å². The minimum Gasteiger partial charge on any atom is -0.464 e.